The van der Waals surface area contributed by atoms with Gasteiger partial charge >= 0.3 is 17.9 Å². The molecule has 0 saturated carbocycles. The summed E-state index contributed by atoms with van der Waals surface area (Å²) in [6, 6.07) is 20.8. The molecular weight excluding hydrogens is 757 g/mol. The van der Waals surface area contributed by atoms with Crippen LogP contribution in [0.3, 0.4) is 0 Å². The molecule has 12 nitrogen and oxygen atoms in total. The third-order valence-electron chi connectivity index (χ3n) is 10.7. The first kappa shape index (κ1) is 47.2. The van der Waals surface area contributed by atoms with Gasteiger partial charge in [0.1, 0.15) is 0 Å². The fourth-order valence-electron chi connectivity index (χ4n) is 6.52. The van der Waals surface area contributed by atoms with E-state index in [-0.39, 0.29) is 35.8 Å². The summed E-state index contributed by atoms with van der Waals surface area (Å²) in [5.74, 6) is 0.674. The molecule has 0 aliphatic heterocycles. The number of benzene rings is 3. The Kier molecular flexibility index (Phi) is 20.3. The largest absolute Gasteiger partial charge is 0.462 e. The molecule has 4 rings (SSSR count). The van der Waals surface area contributed by atoms with Gasteiger partial charge in [0.15, 0.2) is 0 Å². The molecule has 3 atom stereocenters. The lowest BCUT2D eigenvalue weighted by molar-refractivity contribution is 0.0419. The molecule has 0 unspecified atom stereocenters. The van der Waals surface area contributed by atoms with Gasteiger partial charge in [0.25, 0.3) is 0 Å². The van der Waals surface area contributed by atoms with Crippen molar-refractivity contribution in [3.8, 4) is 0 Å². The van der Waals surface area contributed by atoms with Crippen LogP contribution < -0.4 is 16.0 Å². The van der Waals surface area contributed by atoms with Gasteiger partial charge < -0.3 is 30.2 Å². The molecule has 0 spiro atoms. The van der Waals surface area contributed by atoms with Crippen LogP contribution in [0.1, 0.15) is 150 Å². The predicted molar refractivity (Wildman–Crippen MR) is 240 cm³/mol. The molecule has 1 heterocycles. The van der Waals surface area contributed by atoms with Crippen molar-refractivity contribution in [2.75, 3.05) is 35.8 Å². The standard InChI is InChI=1S/C48H66N6O6/c1-7-13-16-34(10-4)31-58-43(55)37-19-25-40(26-20-37)49-46-52-47(50-41-27-21-38(22-28-41)44(56)59-32-35(11-5)17-14-8-2)54-48(53-46)51-42-29-23-39(24-30-42)45(57)60-33-36(12-6)18-15-9-3/h19-30,34-36H,7-18,31-33H2,1-6H3,(H3,49,50,51,52,53,54)/t34-,35-,36-/m1/s1. The Labute approximate surface area is 357 Å². The molecule has 0 radical (unpaired) electrons. The smallest absolute Gasteiger partial charge is 0.338 e. The van der Waals surface area contributed by atoms with Gasteiger partial charge in [-0.05, 0) is 110 Å². The number of unbranched alkanes of at least 4 members (excludes halogenated alkanes) is 3. The van der Waals surface area contributed by atoms with Crippen molar-refractivity contribution in [1.82, 2.24) is 15.0 Å². The van der Waals surface area contributed by atoms with Gasteiger partial charge in [-0.15, -0.1) is 0 Å². The highest BCUT2D eigenvalue weighted by Gasteiger charge is 2.16. The van der Waals surface area contributed by atoms with Crippen LogP contribution in [0.2, 0.25) is 0 Å². The van der Waals surface area contributed by atoms with Crippen molar-refractivity contribution in [2.45, 2.75) is 119 Å². The number of nitrogens with one attached hydrogen (secondary N) is 3. The van der Waals surface area contributed by atoms with E-state index in [1.54, 1.807) is 72.8 Å². The van der Waals surface area contributed by atoms with Gasteiger partial charge in [-0.3, -0.25) is 0 Å². The Morgan fingerprint density at radius 2 is 0.683 bits per heavy atom. The number of ether oxygens (including phenoxy) is 3. The number of carbonyl (C=O) groups excluding carboxylic acids is 3. The van der Waals surface area contributed by atoms with Crippen molar-refractivity contribution in [2.24, 2.45) is 17.8 Å². The quantitative estimate of drug-likeness (QED) is 0.0387. The van der Waals surface area contributed by atoms with Crippen LogP contribution in [0.25, 0.3) is 0 Å². The first-order chi connectivity index (χ1) is 29.2. The number of carbonyl (C=O) groups is 3. The maximum absolute atomic E-state index is 12.8. The van der Waals surface area contributed by atoms with Gasteiger partial charge in [-0.1, -0.05) is 99.3 Å². The first-order valence-electron chi connectivity index (χ1n) is 22.1. The SMILES string of the molecule is CCCC[C@@H](CC)COC(=O)c1ccc(Nc2nc(Nc3ccc(C(=O)OC[C@H](CC)CCCC)cc3)nc(Nc3ccc(C(=O)OC[C@H](CC)CCCC)cc3)n2)cc1. The number of aromatic nitrogens is 3. The summed E-state index contributed by atoms with van der Waals surface area (Å²) in [5, 5.41) is 9.65. The zero-order valence-corrected chi connectivity index (χ0v) is 36.6. The van der Waals surface area contributed by atoms with Gasteiger partial charge in [0.05, 0.1) is 36.5 Å². The summed E-state index contributed by atoms with van der Waals surface area (Å²) in [4.78, 5) is 52.3. The highest BCUT2D eigenvalue weighted by molar-refractivity contribution is 5.91. The summed E-state index contributed by atoms with van der Waals surface area (Å²) < 4.78 is 16.9. The van der Waals surface area contributed by atoms with E-state index in [9.17, 15) is 14.4 Å². The normalized spacial score (nSPS) is 12.5. The third kappa shape index (κ3) is 15.9. The molecule has 4 aromatic rings. The van der Waals surface area contributed by atoms with E-state index in [1.807, 2.05) is 0 Å². The molecule has 0 fully saturated rings. The van der Waals surface area contributed by atoms with Crippen molar-refractivity contribution in [3.05, 3.63) is 89.5 Å². The average molecular weight is 823 g/mol. The predicted octanol–water partition coefficient (Wildman–Crippen LogP) is 12.2. The minimum Gasteiger partial charge on any atom is -0.462 e. The fourth-order valence-corrected chi connectivity index (χ4v) is 6.52. The molecule has 3 aromatic carbocycles. The van der Waals surface area contributed by atoms with E-state index in [4.69, 9.17) is 14.2 Å². The van der Waals surface area contributed by atoms with Gasteiger partial charge in [0, 0.05) is 17.1 Å². The maximum Gasteiger partial charge on any atom is 0.338 e. The Bertz CT molecular complexity index is 1660. The highest BCUT2D eigenvalue weighted by atomic mass is 16.5. The van der Waals surface area contributed by atoms with Crippen LogP contribution in [0.4, 0.5) is 34.9 Å². The molecule has 60 heavy (non-hydrogen) atoms. The average Bonchev–Trinajstić information content (AvgIpc) is 3.27. The van der Waals surface area contributed by atoms with Crippen LogP contribution in [0, 0.1) is 17.8 Å². The molecule has 12 heteroatoms. The zero-order valence-electron chi connectivity index (χ0n) is 36.6. The van der Waals surface area contributed by atoms with Crippen molar-refractivity contribution >= 4 is 52.8 Å². The Morgan fingerprint density at radius 3 is 0.900 bits per heavy atom. The second-order valence-electron chi connectivity index (χ2n) is 15.5. The Morgan fingerprint density at radius 1 is 0.433 bits per heavy atom. The number of nitrogens with zero attached hydrogens (tertiary/aromatic N) is 3. The van der Waals surface area contributed by atoms with E-state index in [1.165, 1.54) is 0 Å². The Hall–Kier alpha value is -5.52. The number of anilines is 6. The summed E-state index contributed by atoms with van der Waals surface area (Å²) in [7, 11) is 0. The zero-order chi connectivity index (χ0) is 43.1. The van der Waals surface area contributed by atoms with Crippen LogP contribution in [0.5, 0.6) is 0 Å². The van der Waals surface area contributed by atoms with Gasteiger partial charge in [0.2, 0.25) is 17.8 Å². The minimum absolute atomic E-state index is 0.231. The van der Waals surface area contributed by atoms with Gasteiger partial charge in [-0.25, -0.2) is 14.4 Å². The summed E-state index contributed by atoms with van der Waals surface area (Å²) in [6.45, 7) is 14.1. The van der Waals surface area contributed by atoms with E-state index < -0.39 is 0 Å². The Balaban J connectivity index is 1.49. The van der Waals surface area contributed by atoms with E-state index >= 15 is 0 Å². The monoisotopic (exact) mass is 823 g/mol. The fraction of sp³-hybridized carbons (Fsp3) is 0.500. The van der Waals surface area contributed by atoms with E-state index in [2.05, 4.69) is 72.4 Å². The number of rotatable bonds is 27. The number of hydrogen-bond acceptors (Lipinski definition) is 12. The van der Waals surface area contributed by atoms with Crippen LogP contribution in [0.15, 0.2) is 72.8 Å². The molecule has 1 aromatic heterocycles. The maximum atomic E-state index is 12.8. The van der Waals surface area contributed by atoms with Crippen molar-refractivity contribution in [1.29, 1.82) is 0 Å². The lowest BCUT2D eigenvalue weighted by Gasteiger charge is -2.15. The molecule has 0 aliphatic rings. The third-order valence-corrected chi connectivity index (χ3v) is 10.7. The molecule has 0 aliphatic carbocycles. The summed E-state index contributed by atoms with van der Waals surface area (Å²) >= 11 is 0. The summed E-state index contributed by atoms with van der Waals surface area (Å²) in [6.07, 6.45) is 12.7. The van der Waals surface area contributed by atoms with Crippen LogP contribution >= 0.6 is 0 Å². The molecule has 0 bridgehead atoms. The molecule has 324 valence electrons. The molecular formula is C48H66N6O6. The lowest BCUT2D eigenvalue weighted by Crippen LogP contribution is -2.14. The highest BCUT2D eigenvalue weighted by Crippen LogP contribution is 2.24. The summed E-state index contributed by atoms with van der Waals surface area (Å²) in [5.41, 5.74) is 3.30. The van der Waals surface area contributed by atoms with Crippen molar-refractivity contribution < 1.29 is 28.6 Å². The molecule has 0 amide bonds. The molecule has 3 N–H and O–H groups in total. The van der Waals surface area contributed by atoms with E-state index in [0.717, 1.165) is 77.0 Å². The van der Waals surface area contributed by atoms with Crippen LogP contribution in [-0.4, -0.2) is 52.7 Å². The topological polar surface area (TPSA) is 154 Å². The van der Waals surface area contributed by atoms with Crippen LogP contribution in [-0.2, 0) is 14.2 Å². The minimum atomic E-state index is -0.359. The number of hydrogen-bond donors (Lipinski definition) is 3. The van der Waals surface area contributed by atoms with Crippen molar-refractivity contribution in [3.63, 3.8) is 0 Å². The second kappa shape index (κ2) is 25.9. The number of esters is 3. The second-order valence-corrected chi connectivity index (χ2v) is 15.5. The first-order valence-corrected chi connectivity index (χ1v) is 22.1. The lowest BCUT2D eigenvalue weighted by atomic mass is 10.0. The van der Waals surface area contributed by atoms with Gasteiger partial charge in [-0.2, -0.15) is 15.0 Å². The molecule has 0 saturated heterocycles. The van der Waals surface area contributed by atoms with E-state index in [0.29, 0.717) is 71.3 Å².